The van der Waals surface area contributed by atoms with Gasteiger partial charge in [0.2, 0.25) is 5.91 Å². The van der Waals surface area contributed by atoms with Crippen LogP contribution in [0.3, 0.4) is 0 Å². The van der Waals surface area contributed by atoms with Crippen molar-refractivity contribution in [3.8, 4) is 0 Å². The van der Waals surface area contributed by atoms with Crippen LogP contribution in [0, 0.1) is 12.8 Å². The first kappa shape index (κ1) is 15.8. The highest BCUT2D eigenvalue weighted by Crippen LogP contribution is 2.37. The second-order valence-corrected chi connectivity index (χ2v) is 6.66. The van der Waals surface area contributed by atoms with Gasteiger partial charge in [-0.1, -0.05) is 61.5 Å². The molecule has 1 aliphatic heterocycles. The predicted octanol–water partition coefficient (Wildman–Crippen LogP) is 4.71. The van der Waals surface area contributed by atoms with Crippen molar-refractivity contribution in [1.82, 2.24) is 4.90 Å². The largest absolute Gasteiger partial charge is 0.336 e. The van der Waals surface area contributed by atoms with Gasteiger partial charge in [-0.2, -0.15) is 0 Å². The molecule has 0 radical (unpaired) electrons. The molecular weight excluding hydrogens is 282 g/mol. The zero-order valence-electron chi connectivity index (χ0n) is 14.2. The van der Waals surface area contributed by atoms with E-state index in [0.717, 1.165) is 13.0 Å². The number of amides is 1. The first-order valence-corrected chi connectivity index (χ1v) is 8.50. The zero-order chi connectivity index (χ0) is 16.4. The minimum Gasteiger partial charge on any atom is -0.336 e. The Kier molecular flexibility index (Phi) is 4.51. The summed E-state index contributed by atoms with van der Waals surface area (Å²) in [5.41, 5.74) is 3.80. The van der Waals surface area contributed by atoms with Crippen LogP contribution in [0.4, 0.5) is 0 Å². The van der Waals surface area contributed by atoms with E-state index in [0.29, 0.717) is 5.91 Å². The van der Waals surface area contributed by atoms with Crippen molar-refractivity contribution in [3.05, 3.63) is 71.3 Å². The van der Waals surface area contributed by atoms with Gasteiger partial charge in [-0.25, -0.2) is 0 Å². The molecule has 0 bridgehead atoms. The van der Waals surface area contributed by atoms with Gasteiger partial charge in [-0.15, -0.1) is 0 Å². The molecule has 2 unspecified atom stereocenters. The molecule has 0 saturated carbocycles. The Labute approximate surface area is 139 Å². The fraction of sp³-hybridized carbons (Fsp3) is 0.381. The number of carbonyl (C=O) groups excluding carboxylic acids is 1. The quantitative estimate of drug-likeness (QED) is 0.801. The number of hydrogen-bond donors (Lipinski definition) is 0. The molecule has 3 atom stereocenters. The molecule has 0 spiro atoms. The molecule has 1 heterocycles. The number of benzene rings is 2. The van der Waals surface area contributed by atoms with E-state index in [-0.39, 0.29) is 17.9 Å². The third-order valence-corrected chi connectivity index (χ3v) is 5.31. The molecule has 0 N–H and O–H groups in total. The van der Waals surface area contributed by atoms with E-state index in [1.807, 2.05) is 18.2 Å². The van der Waals surface area contributed by atoms with Crippen molar-refractivity contribution < 1.29 is 4.79 Å². The van der Waals surface area contributed by atoms with Crippen LogP contribution in [0.5, 0.6) is 0 Å². The molecule has 120 valence electrons. The average molecular weight is 307 g/mol. The molecular formula is C21H25NO. The summed E-state index contributed by atoms with van der Waals surface area (Å²) in [4.78, 5) is 15.0. The Hall–Kier alpha value is -2.09. The van der Waals surface area contributed by atoms with E-state index in [4.69, 9.17) is 0 Å². The van der Waals surface area contributed by atoms with Gasteiger partial charge in [-0.05, 0) is 42.9 Å². The van der Waals surface area contributed by atoms with Crippen LogP contribution in [0.25, 0.3) is 0 Å². The second kappa shape index (κ2) is 6.57. The molecule has 0 aliphatic carbocycles. The monoisotopic (exact) mass is 307 g/mol. The lowest BCUT2D eigenvalue weighted by Crippen LogP contribution is -2.31. The summed E-state index contributed by atoms with van der Waals surface area (Å²) in [6, 6.07) is 18.9. The van der Waals surface area contributed by atoms with Crippen molar-refractivity contribution in [3.63, 3.8) is 0 Å². The highest BCUT2D eigenvalue weighted by atomic mass is 16.2. The van der Waals surface area contributed by atoms with Crippen LogP contribution in [-0.2, 0) is 4.79 Å². The highest BCUT2D eigenvalue weighted by molar-refractivity contribution is 5.82. The number of carbonyl (C=O) groups is 1. The van der Waals surface area contributed by atoms with Gasteiger partial charge in [0.1, 0.15) is 0 Å². The maximum absolute atomic E-state index is 13.0. The molecule has 1 amide bonds. The number of nitrogens with zero attached hydrogens (tertiary/aromatic N) is 1. The Morgan fingerprint density at radius 3 is 2.35 bits per heavy atom. The predicted molar refractivity (Wildman–Crippen MR) is 94.3 cm³/mol. The molecule has 1 aliphatic rings. The van der Waals surface area contributed by atoms with Gasteiger partial charge in [0.15, 0.2) is 0 Å². The molecule has 1 saturated heterocycles. The number of hydrogen-bond acceptors (Lipinski definition) is 1. The topological polar surface area (TPSA) is 20.3 Å². The summed E-state index contributed by atoms with van der Waals surface area (Å²) >= 11 is 0. The number of likely N-dealkylation sites (tertiary alicyclic amines) is 1. The summed E-state index contributed by atoms with van der Waals surface area (Å²) in [5.74, 6) is 0.677. The van der Waals surface area contributed by atoms with Crippen LogP contribution in [0.2, 0.25) is 0 Å². The minimum atomic E-state index is 0.0993. The van der Waals surface area contributed by atoms with E-state index < -0.39 is 0 Å². The summed E-state index contributed by atoms with van der Waals surface area (Å²) < 4.78 is 0. The fourth-order valence-electron chi connectivity index (χ4n) is 3.80. The van der Waals surface area contributed by atoms with Gasteiger partial charge in [-0.3, -0.25) is 4.79 Å². The van der Waals surface area contributed by atoms with E-state index in [2.05, 4.69) is 62.1 Å². The SMILES string of the molecule is Cc1ccccc1C(C)C1CCN([C@@H](C)c2ccccc2)C1=O. The van der Waals surface area contributed by atoms with Crippen LogP contribution in [0.15, 0.2) is 54.6 Å². The Morgan fingerprint density at radius 1 is 1.00 bits per heavy atom. The minimum absolute atomic E-state index is 0.0993. The summed E-state index contributed by atoms with van der Waals surface area (Å²) in [6.45, 7) is 7.32. The van der Waals surface area contributed by atoms with E-state index in [1.165, 1.54) is 16.7 Å². The maximum Gasteiger partial charge on any atom is 0.226 e. The Morgan fingerprint density at radius 2 is 1.65 bits per heavy atom. The normalized spacial score (nSPS) is 20.6. The molecule has 2 aromatic rings. The van der Waals surface area contributed by atoms with Crippen LogP contribution in [-0.4, -0.2) is 17.4 Å². The molecule has 0 aromatic heterocycles. The first-order chi connectivity index (χ1) is 11.1. The molecule has 1 fully saturated rings. The van der Waals surface area contributed by atoms with Crippen molar-refractivity contribution in [2.75, 3.05) is 6.54 Å². The van der Waals surface area contributed by atoms with Crippen LogP contribution in [0.1, 0.15) is 48.9 Å². The average Bonchev–Trinajstić information content (AvgIpc) is 2.96. The smallest absolute Gasteiger partial charge is 0.226 e. The van der Waals surface area contributed by atoms with E-state index >= 15 is 0 Å². The fourth-order valence-corrected chi connectivity index (χ4v) is 3.80. The molecule has 23 heavy (non-hydrogen) atoms. The number of aryl methyl sites for hydroxylation is 1. The van der Waals surface area contributed by atoms with Gasteiger partial charge < -0.3 is 4.90 Å². The van der Waals surface area contributed by atoms with Crippen molar-refractivity contribution in [2.24, 2.45) is 5.92 Å². The lowest BCUT2D eigenvalue weighted by atomic mass is 9.84. The molecule has 2 nitrogen and oxygen atoms in total. The molecule has 2 aromatic carbocycles. The van der Waals surface area contributed by atoms with Gasteiger partial charge in [0, 0.05) is 12.5 Å². The summed E-state index contributed by atoms with van der Waals surface area (Å²) in [5, 5.41) is 0. The standard InChI is InChI=1S/C21H25NO/c1-15-9-7-8-12-19(15)16(2)20-13-14-22(21(20)23)17(3)18-10-5-4-6-11-18/h4-12,16-17,20H,13-14H2,1-3H3/t16?,17-,20?/m0/s1. The van der Waals surface area contributed by atoms with Crippen molar-refractivity contribution in [1.29, 1.82) is 0 Å². The van der Waals surface area contributed by atoms with Gasteiger partial charge in [0.25, 0.3) is 0 Å². The second-order valence-electron chi connectivity index (χ2n) is 6.66. The summed E-state index contributed by atoms with van der Waals surface area (Å²) in [6.07, 6.45) is 0.950. The van der Waals surface area contributed by atoms with Crippen molar-refractivity contribution in [2.45, 2.75) is 39.2 Å². The third kappa shape index (κ3) is 3.03. The molecule has 2 heteroatoms. The van der Waals surface area contributed by atoms with Crippen LogP contribution < -0.4 is 0 Å². The lowest BCUT2D eigenvalue weighted by Gasteiger charge is -2.26. The Balaban J connectivity index is 1.78. The van der Waals surface area contributed by atoms with Crippen molar-refractivity contribution >= 4 is 5.91 Å². The van der Waals surface area contributed by atoms with E-state index in [1.54, 1.807) is 0 Å². The van der Waals surface area contributed by atoms with Gasteiger partial charge >= 0.3 is 0 Å². The third-order valence-electron chi connectivity index (χ3n) is 5.31. The first-order valence-electron chi connectivity index (χ1n) is 8.50. The van der Waals surface area contributed by atoms with Gasteiger partial charge in [0.05, 0.1) is 6.04 Å². The number of rotatable bonds is 4. The highest BCUT2D eigenvalue weighted by Gasteiger charge is 2.38. The Bertz CT molecular complexity index is 679. The zero-order valence-corrected chi connectivity index (χ0v) is 14.2. The lowest BCUT2D eigenvalue weighted by molar-refractivity contribution is -0.133. The van der Waals surface area contributed by atoms with Crippen LogP contribution >= 0.6 is 0 Å². The maximum atomic E-state index is 13.0. The summed E-state index contributed by atoms with van der Waals surface area (Å²) in [7, 11) is 0. The molecule has 3 rings (SSSR count). The van der Waals surface area contributed by atoms with E-state index in [9.17, 15) is 4.79 Å².